The van der Waals surface area contributed by atoms with E-state index in [0.29, 0.717) is 0 Å². The van der Waals surface area contributed by atoms with Gasteiger partial charge in [0.2, 0.25) is 5.91 Å². The van der Waals surface area contributed by atoms with Gasteiger partial charge in [0.25, 0.3) is 0 Å². The lowest BCUT2D eigenvalue weighted by atomic mass is 10.2. The average Bonchev–Trinajstić information content (AvgIpc) is 2.14. The zero-order chi connectivity index (χ0) is 13.5. The molecule has 0 saturated carbocycles. The van der Waals surface area contributed by atoms with Crippen molar-refractivity contribution in [3.05, 3.63) is 0 Å². The highest BCUT2D eigenvalue weighted by atomic mass is 35.5. The average molecular weight is 260 g/mol. The molecule has 0 rings (SSSR count). The van der Waals surface area contributed by atoms with E-state index in [-0.39, 0.29) is 31.3 Å². The fourth-order valence-electron chi connectivity index (χ4n) is 1.11. The Bertz CT molecular complexity index is 315. The summed E-state index contributed by atoms with van der Waals surface area (Å²) in [5.41, 5.74) is -0.575. The number of halogens is 1. The van der Waals surface area contributed by atoms with Crippen molar-refractivity contribution in [3.63, 3.8) is 0 Å². The summed E-state index contributed by atoms with van der Waals surface area (Å²) >= 11 is 5.47. The van der Waals surface area contributed by atoms with Crippen molar-refractivity contribution >= 4 is 23.5 Å². The molecule has 17 heavy (non-hydrogen) atoms. The molecule has 0 unspecified atom stereocenters. The van der Waals surface area contributed by atoms with E-state index >= 15 is 0 Å². The van der Waals surface area contributed by atoms with E-state index in [0.717, 1.165) is 0 Å². The second kappa shape index (κ2) is 7.18. The summed E-state index contributed by atoms with van der Waals surface area (Å²) < 4.78 is 5.11. The predicted octanol–water partition coefficient (Wildman–Crippen LogP) is 1.42. The van der Waals surface area contributed by atoms with E-state index in [9.17, 15) is 9.59 Å². The van der Waals surface area contributed by atoms with Crippen LogP contribution in [0.25, 0.3) is 0 Å². The van der Waals surface area contributed by atoms with Crippen LogP contribution in [0.15, 0.2) is 0 Å². The molecule has 0 fully saturated rings. The molecule has 0 aliphatic rings. The van der Waals surface area contributed by atoms with Crippen molar-refractivity contribution in [2.75, 3.05) is 19.0 Å². The van der Waals surface area contributed by atoms with E-state index in [4.69, 9.17) is 22.8 Å². The molecular weight excluding hydrogens is 242 g/mol. The first kappa shape index (κ1) is 15.8. The van der Waals surface area contributed by atoms with Gasteiger partial charge in [0.1, 0.15) is 12.1 Å². The monoisotopic (exact) mass is 259 g/mol. The Morgan fingerprint density at radius 2 is 2.00 bits per heavy atom. The van der Waals surface area contributed by atoms with Crippen molar-refractivity contribution in [1.82, 2.24) is 4.90 Å². The molecule has 0 aliphatic carbocycles. The third-order valence-corrected chi connectivity index (χ3v) is 1.87. The first-order chi connectivity index (χ1) is 7.80. The number of hydrogen-bond acceptors (Lipinski definition) is 3. The predicted molar refractivity (Wildman–Crippen MR) is 66.6 cm³/mol. The topological polar surface area (TPSA) is 46.6 Å². The maximum absolute atomic E-state index is 11.6. The molecule has 4 nitrogen and oxygen atoms in total. The molecule has 0 radical (unpaired) electrons. The van der Waals surface area contributed by atoms with Crippen LogP contribution in [0.2, 0.25) is 0 Å². The van der Waals surface area contributed by atoms with Crippen molar-refractivity contribution < 1.29 is 14.3 Å². The highest BCUT2D eigenvalue weighted by Crippen LogP contribution is 2.08. The number of alkyl halides is 1. The van der Waals surface area contributed by atoms with Gasteiger partial charge in [-0.25, -0.2) is 0 Å². The van der Waals surface area contributed by atoms with Gasteiger partial charge in [0.15, 0.2) is 0 Å². The van der Waals surface area contributed by atoms with Crippen molar-refractivity contribution in [2.24, 2.45) is 0 Å². The number of hydrogen-bond donors (Lipinski definition) is 0. The molecule has 96 valence electrons. The number of esters is 1. The van der Waals surface area contributed by atoms with Crippen molar-refractivity contribution in [3.8, 4) is 12.3 Å². The van der Waals surface area contributed by atoms with Gasteiger partial charge in [0, 0.05) is 12.3 Å². The van der Waals surface area contributed by atoms with E-state index in [1.165, 1.54) is 4.90 Å². The van der Waals surface area contributed by atoms with E-state index in [1.807, 2.05) is 0 Å². The minimum absolute atomic E-state index is 0.0783. The van der Waals surface area contributed by atoms with Gasteiger partial charge >= 0.3 is 5.97 Å². The van der Waals surface area contributed by atoms with Gasteiger partial charge in [-0.15, -0.1) is 18.0 Å². The zero-order valence-corrected chi connectivity index (χ0v) is 11.2. The Labute approximate surface area is 107 Å². The van der Waals surface area contributed by atoms with Crippen molar-refractivity contribution in [1.29, 1.82) is 0 Å². The minimum Gasteiger partial charge on any atom is -0.459 e. The van der Waals surface area contributed by atoms with Crippen LogP contribution < -0.4 is 0 Å². The maximum atomic E-state index is 11.6. The SMILES string of the molecule is C#CCN(CC(=O)OC(C)(C)C)C(=O)CCCl. The lowest BCUT2D eigenvalue weighted by Gasteiger charge is -2.23. The van der Waals surface area contributed by atoms with Gasteiger partial charge in [-0.1, -0.05) is 5.92 Å². The van der Waals surface area contributed by atoms with E-state index < -0.39 is 11.6 Å². The third kappa shape index (κ3) is 7.64. The molecule has 5 heteroatoms. The first-order valence-electron chi connectivity index (χ1n) is 5.29. The maximum Gasteiger partial charge on any atom is 0.326 e. The first-order valence-corrected chi connectivity index (χ1v) is 5.82. The fraction of sp³-hybridized carbons (Fsp3) is 0.667. The van der Waals surface area contributed by atoms with E-state index in [2.05, 4.69) is 5.92 Å². The smallest absolute Gasteiger partial charge is 0.326 e. The zero-order valence-electron chi connectivity index (χ0n) is 10.5. The van der Waals surface area contributed by atoms with Gasteiger partial charge in [-0.3, -0.25) is 9.59 Å². The quantitative estimate of drug-likeness (QED) is 0.426. The number of amides is 1. The summed E-state index contributed by atoms with van der Waals surface area (Å²) in [4.78, 5) is 24.4. The van der Waals surface area contributed by atoms with Crippen LogP contribution in [-0.2, 0) is 14.3 Å². The summed E-state index contributed by atoms with van der Waals surface area (Å²) in [5, 5.41) is 0. The highest BCUT2D eigenvalue weighted by Gasteiger charge is 2.21. The van der Waals surface area contributed by atoms with Gasteiger partial charge in [0.05, 0.1) is 6.54 Å². The summed E-state index contributed by atoms with van der Waals surface area (Å²) in [5.74, 6) is 1.81. The molecule has 0 saturated heterocycles. The molecule has 0 aromatic carbocycles. The molecular formula is C12H18ClNO3. The van der Waals surface area contributed by atoms with Gasteiger partial charge < -0.3 is 9.64 Å². The largest absolute Gasteiger partial charge is 0.459 e. The lowest BCUT2D eigenvalue weighted by molar-refractivity contribution is -0.158. The fourth-order valence-corrected chi connectivity index (χ4v) is 1.27. The lowest BCUT2D eigenvalue weighted by Crippen LogP contribution is -2.39. The van der Waals surface area contributed by atoms with Gasteiger partial charge in [-0.2, -0.15) is 0 Å². The number of nitrogens with zero attached hydrogens (tertiary/aromatic N) is 1. The summed E-state index contributed by atoms with van der Waals surface area (Å²) in [6.45, 7) is 5.22. The Kier molecular flexibility index (Phi) is 6.67. The molecule has 0 heterocycles. The Hall–Kier alpha value is -1.21. The van der Waals surface area contributed by atoms with Crippen molar-refractivity contribution in [2.45, 2.75) is 32.8 Å². The van der Waals surface area contributed by atoms with Crippen LogP contribution in [0.4, 0.5) is 0 Å². The summed E-state index contributed by atoms with van der Waals surface area (Å²) in [7, 11) is 0. The van der Waals surface area contributed by atoms with Crippen LogP contribution in [0.5, 0.6) is 0 Å². The van der Waals surface area contributed by atoms with Crippen LogP contribution in [0, 0.1) is 12.3 Å². The number of terminal acetylenes is 1. The molecule has 0 aromatic rings. The molecule has 0 bridgehead atoms. The van der Waals surface area contributed by atoms with Gasteiger partial charge in [-0.05, 0) is 20.8 Å². The second-order valence-electron chi connectivity index (χ2n) is 4.48. The number of carbonyl (C=O) groups excluding carboxylic acids is 2. The normalized spacial score (nSPS) is 10.5. The Balaban J connectivity index is 4.40. The molecule has 0 N–H and O–H groups in total. The van der Waals surface area contributed by atoms with Crippen LogP contribution in [0.3, 0.4) is 0 Å². The molecule has 1 amide bonds. The summed E-state index contributed by atoms with van der Waals surface area (Å²) in [6.07, 6.45) is 5.30. The molecule has 0 aromatic heterocycles. The molecule has 0 aliphatic heterocycles. The standard InChI is InChI=1S/C12H18ClNO3/c1-5-8-14(10(15)6-7-13)9-11(16)17-12(2,3)4/h1H,6-9H2,2-4H3. The van der Waals surface area contributed by atoms with E-state index in [1.54, 1.807) is 20.8 Å². The van der Waals surface area contributed by atoms with Crippen LogP contribution in [0.1, 0.15) is 27.2 Å². The number of ether oxygens (including phenoxy) is 1. The Morgan fingerprint density at radius 1 is 1.41 bits per heavy atom. The summed E-state index contributed by atoms with van der Waals surface area (Å²) in [6, 6.07) is 0. The van der Waals surface area contributed by atoms with Crippen LogP contribution in [-0.4, -0.2) is 41.3 Å². The molecule has 0 atom stereocenters. The minimum atomic E-state index is -0.575. The second-order valence-corrected chi connectivity index (χ2v) is 4.86. The Morgan fingerprint density at radius 3 is 2.41 bits per heavy atom. The highest BCUT2D eigenvalue weighted by molar-refractivity contribution is 6.18. The third-order valence-electron chi connectivity index (χ3n) is 1.68. The van der Waals surface area contributed by atoms with Crippen LogP contribution >= 0.6 is 11.6 Å². The molecule has 0 spiro atoms. The number of rotatable bonds is 5. The number of carbonyl (C=O) groups is 2.